The summed E-state index contributed by atoms with van der Waals surface area (Å²) in [6.45, 7) is 27.8. The van der Waals surface area contributed by atoms with Crippen molar-refractivity contribution >= 4 is 109 Å². The van der Waals surface area contributed by atoms with Crippen LogP contribution in [-0.2, 0) is 21.7 Å². The van der Waals surface area contributed by atoms with E-state index in [1.807, 2.05) is 0 Å². The van der Waals surface area contributed by atoms with E-state index < -0.39 is 0 Å². The number of benzene rings is 12. The monoisotopic (exact) mass is 1070 g/mol. The molecule has 0 spiro atoms. The van der Waals surface area contributed by atoms with Gasteiger partial charge in [0.1, 0.15) is 11.2 Å². The van der Waals surface area contributed by atoms with Crippen molar-refractivity contribution in [1.82, 2.24) is 9.13 Å². The van der Waals surface area contributed by atoms with Gasteiger partial charge in [-0.05, 0) is 131 Å². The molecule has 15 aromatic rings. The van der Waals surface area contributed by atoms with Crippen LogP contribution in [0.25, 0.3) is 142 Å². The van der Waals surface area contributed by atoms with Crippen LogP contribution in [0.1, 0.15) is 105 Å². The molecular formula is C80H70N2O. The second kappa shape index (κ2) is 17.8. The molecule has 3 heterocycles. The first kappa shape index (κ1) is 51.0. The molecule has 0 aliphatic heterocycles. The summed E-state index contributed by atoms with van der Waals surface area (Å²) >= 11 is 0. The molecule has 3 heteroatoms. The number of hydrogen-bond donors (Lipinski definition) is 0. The zero-order valence-corrected chi connectivity index (χ0v) is 49.9. The summed E-state index contributed by atoms with van der Waals surface area (Å²) in [6.07, 6.45) is 0. The van der Waals surface area contributed by atoms with Crippen molar-refractivity contribution in [3.05, 3.63) is 229 Å². The van der Waals surface area contributed by atoms with Crippen LogP contribution in [0.5, 0.6) is 0 Å². The van der Waals surface area contributed by atoms with Gasteiger partial charge >= 0.3 is 0 Å². The first-order chi connectivity index (χ1) is 39.7. The quantitative estimate of drug-likeness (QED) is 0.161. The topological polar surface area (TPSA) is 23.0 Å². The highest BCUT2D eigenvalue weighted by Crippen LogP contribution is 2.51. The predicted octanol–water partition coefficient (Wildman–Crippen LogP) is 22.9. The third-order valence-corrected chi connectivity index (χ3v) is 18.3. The van der Waals surface area contributed by atoms with Crippen molar-refractivity contribution in [2.24, 2.45) is 0 Å². The number of para-hydroxylation sites is 1. The highest BCUT2D eigenvalue weighted by Gasteiger charge is 2.29. The molecule has 3 nitrogen and oxygen atoms in total. The molecule has 12 aromatic carbocycles. The lowest BCUT2D eigenvalue weighted by atomic mass is 9.85. The van der Waals surface area contributed by atoms with E-state index in [9.17, 15) is 0 Å². The van der Waals surface area contributed by atoms with Gasteiger partial charge in [-0.1, -0.05) is 235 Å². The van der Waals surface area contributed by atoms with Gasteiger partial charge in [-0.2, -0.15) is 0 Å². The normalized spacial score (nSPS) is 13.1. The number of fused-ring (bicyclic) bond motifs is 13. The van der Waals surface area contributed by atoms with E-state index in [-0.39, 0.29) is 21.7 Å². The maximum absolute atomic E-state index is 7.35. The minimum absolute atomic E-state index is 0.000599. The van der Waals surface area contributed by atoms with E-state index in [4.69, 9.17) is 4.42 Å². The predicted molar refractivity (Wildman–Crippen MR) is 358 cm³/mol. The Hall–Kier alpha value is -8.92. The summed E-state index contributed by atoms with van der Waals surface area (Å²) in [4.78, 5) is 0. The molecule has 3 aromatic heterocycles. The molecule has 0 bridgehead atoms. The highest BCUT2D eigenvalue weighted by molar-refractivity contribution is 6.28. The third kappa shape index (κ3) is 7.69. The van der Waals surface area contributed by atoms with Crippen LogP contribution in [0.2, 0.25) is 0 Å². The summed E-state index contributed by atoms with van der Waals surface area (Å²) < 4.78 is 12.5. The molecule has 83 heavy (non-hydrogen) atoms. The van der Waals surface area contributed by atoms with E-state index in [1.165, 1.54) is 131 Å². The fraction of sp³-hybridized carbons (Fsp3) is 0.200. The largest absolute Gasteiger partial charge is 0.455 e. The smallest absolute Gasteiger partial charge is 0.143 e. The fourth-order valence-electron chi connectivity index (χ4n) is 13.9. The van der Waals surface area contributed by atoms with E-state index in [2.05, 4.69) is 298 Å². The van der Waals surface area contributed by atoms with Gasteiger partial charge in [0.25, 0.3) is 0 Å². The van der Waals surface area contributed by atoms with Crippen molar-refractivity contribution in [2.45, 2.75) is 105 Å². The Morgan fingerprint density at radius 3 is 0.892 bits per heavy atom. The molecule has 0 N–H and O–H groups in total. The van der Waals surface area contributed by atoms with Crippen LogP contribution in [0.15, 0.2) is 211 Å². The van der Waals surface area contributed by atoms with Crippen LogP contribution in [0.3, 0.4) is 0 Å². The first-order valence-electron chi connectivity index (χ1n) is 29.7. The van der Waals surface area contributed by atoms with Crippen LogP contribution < -0.4 is 0 Å². The molecule has 406 valence electrons. The number of furan rings is 1. The van der Waals surface area contributed by atoms with Gasteiger partial charge in [0.15, 0.2) is 0 Å². The first-order valence-corrected chi connectivity index (χ1v) is 29.7. The maximum Gasteiger partial charge on any atom is 0.143 e. The summed E-state index contributed by atoms with van der Waals surface area (Å²) in [7, 11) is 0. The molecule has 0 aliphatic rings. The SMILES string of the molecule is CC(C)(C)c1ccc2c(c1)c1cc(C(C)(C)C)ccc1n2-c1c2ccccc2c(-c2cccc3c2oc2cccc(-c4c5ccccc5c(-n5c6ccc(C(C)(C)C)cc6c6cc(C(C)(C)C)ccc65)c5ccccc45)c23)c2ccccc12. The van der Waals surface area contributed by atoms with Gasteiger partial charge < -0.3 is 13.6 Å². The van der Waals surface area contributed by atoms with Crippen molar-refractivity contribution in [3.8, 4) is 33.6 Å². The minimum atomic E-state index is -0.00120. The Balaban J connectivity index is 0.983. The Kier molecular flexibility index (Phi) is 10.9. The second-order valence-corrected chi connectivity index (χ2v) is 27.7. The molecule has 15 rings (SSSR count). The zero-order chi connectivity index (χ0) is 57.2. The molecule has 0 saturated heterocycles. The van der Waals surface area contributed by atoms with Gasteiger partial charge in [-0.15, -0.1) is 0 Å². The minimum Gasteiger partial charge on any atom is -0.455 e. The van der Waals surface area contributed by atoms with Crippen LogP contribution in [0.4, 0.5) is 0 Å². The standard InChI is InChI=1S/C80H70N2O/c1-77(2,3)47-35-39-66-62(43-47)63-44-48(78(4,5)6)36-40-67(63)81(66)74-55-27-17-13-23-51(55)71(52-24-14-18-28-56(52)74)59-31-22-34-70-73(59)61-33-21-32-60(76(61)83-70)72-53-25-15-19-29-57(53)75(58-30-20-16-26-54(58)72)82-68-41-37-49(79(7,8)9)45-64(68)65-46-50(80(10,11)12)38-42-69(65)82/h13-46H,1-12H3. The average Bonchev–Trinajstić information content (AvgIpc) is 2.08. The molecule has 0 aliphatic carbocycles. The zero-order valence-electron chi connectivity index (χ0n) is 49.9. The number of rotatable bonds is 4. The van der Waals surface area contributed by atoms with Crippen molar-refractivity contribution in [2.75, 3.05) is 0 Å². The van der Waals surface area contributed by atoms with Crippen LogP contribution >= 0.6 is 0 Å². The number of hydrogen-bond acceptors (Lipinski definition) is 1. The summed E-state index contributed by atoms with van der Waals surface area (Å²) in [5.41, 5.74) is 18.9. The number of nitrogens with zero attached hydrogens (tertiary/aromatic N) is 2. The number of aromatic nitrogens is 2. The summed E-state index contributed by atoms with van der Waals surface area (Å²) in [6, 6.07) is 78.4. The summed E-state index contributed by atoms with van der Waals surface area (Å²) in [5, 5.41) is 16.9. The van der Waals surface area contributed by atoms with Crippen molar-refractivity contribution in [3.63, 3.8) is 0 Å². The molecule has 0 fully saturated rings. The van der Waals surface area contributed by atoms with Gasteiger partial charge in [0, 0.05) is 65.0 Å². The lowest BCUT2D eigenvalue weighted by molar-refractivity contribution is 0.590. The van der Waals surface area contributed by atoms with Gasteiger partial charge in [0.05, 0.1) is 33.4 Å². The van der Waals surface area contributed by atoms with Gasteiger partial charge in [0.2, 0.25) is 0 Å². The Bertz CT molecular complexity index is 4980. The fourth-order valence-corrected chi connectivity index (χ4v) is 13.9. The Morgan fingerprint density at radius 1 is 0.265 bits per heavy atom. The molecular weight excluding hydrogens is 1000 g/mol. The van der Waals surface area contributed by atoms with Gasteiger partial charge in [-0.3, -0.25) is 0 Å². The van der Waals surface area contributed by atoms with E-state index in [0.717, 1.165) is 33.1 Å². The second-order valence-electron chi connectivity index (χ2n) is 27.7. The maximum atomic E-state index is 7.35. The van der Waals surface area contributed by atoms with Crippen molar-refractivity contribution < 1.29 is 4.42 Å². The van der Waals surface area contributed by atoms with Crippen LogP contribution in [0, 0.1) is 0 Å². The van der Waals surface area contributed by atoms with E-state index >= 15 is 0 Å². The lowest BCUT2D eigenvalue weighted by Crippen LogP contribution is -2.10. The third-order valence-electron chi connectivity index (χ3n) is 18.3. The van der Waals surface area contributed by atoms with E-state index in [0.29, 0.717) is 0 Å². The average molecular weight is 1080 g/mol. The highest BCUT2D eigenvalue weighted by atomic mass is 16.3. The summed E-state index contributed by atoms with van der Waals surface area (Å²) in [5.74, 6) is 0. The molecule has 0 atom stereocenters. The molecule has 0 radical (unpaired) electrons. The molecule has 0 amide bonds. The van der Waals surface area contributed by atoms with Crippen molar-refractivity contribution in [1.29, 1.82) is 0 Å². The Labute approximate surface area is 486 Å². The van der Waals surface area contributed by atoms with Crippen LogP contribution in [-0.4, -0.2) is 9.13 Å². The molecule has 0 saturated carbocycles. The van der Waals surface area contributed by atoms with E-state index in [1.54, 1.807) is 0 Å². The molecule has 0 unspecified atom stereocenters. The van der Waals surface area contributed by atoms with Gasteiger partial charge in [-0.25, -0.2) is 0 Å². The lowest BCUT2D eigenvalue weighted by Gasteiger charge is -2.21. The Morgan fingerprint density at radius 2 is 0.554 bits per heavy atom.